The molecule has 0 aliphatic heterocycles. The standard InChI is InChI=1S/C22H32O5/c1-2-17(23)14-15-19-18(20(24)16-21(19)25)12-10-8-6-4-3-5-7-9-11-13-22(26)27/h3-4,7-10,14-15,17-20,23-24H,2,5-6,11-13,16H2,1H3,(H,26,27)/b4-3-,9-7-,10-8-,15-14+/t17-,18-,19+,20-/m0/s1. The number of hydrogen-bond acceptors (Lipinski definition) is 4. The Morgan fingerprint density at radius 3 is 2.41 bits per heavy atom. The Morgan fingerprint density at radius 1 is 1.15 bits per heavy atom. The average Bonchev–Trinajstić information content (AvgIpc) is 2.90. The van der Waals surface area contributed by atoms with Crippen LogP contribution in [0.1, 0.15) is 51.9 Å². The van der Waals surface area contributed by atoms with Crippen molar-refractivity contribution in [3.8, 4) is 0 Å². The van der Waals surface area contributed by atoms with Gasteiger partial charge in [0.25, 0.3) is 0 Å². The van der Waals surface area contributed by atoms with Crippen molar-refractivity contribution in [2.75, 3.05) is 0 Å². The highest BCUT2D eigenvalue weighted by Crippen LogP contribution is 2.33. The van der Waals surface area contributed by atoms with Crippen molar-refractivity contribution < 1.29 is 24.9 Å². The molecular weight excluding hydrogens is 344 g/mol. The molecule has 150 valence electrons. The van der Waals surface area contributed by atoms with E-state index < -0.39 is 18.2 Å². The summed E-state index contributed by atoms with van der Waals surface area (Å²) in [6, 6.07) is 0. The molecule has 4 atom stereocenters. The second-order valence-electron chi connectivity index (χ2n) is 6.84. The molecule has 0 aromatic carbocycles. The van der Waals surface area contributed by atoms with Crippen LogP contribution in [-0.4, -0.2) is 39.3 Å². The molecule has 0 aromatic heterocycles. The fourth-order valence-corrected chi connectivity index (χ4v) is 3.03. The summed E-state index contributed by atoms with van der Waals surface area (Å²) < 4.78 is 0. The third-order valence-electron chi connectivity index (χ3n) is 4.67. The van der Waals surface area contributed by atoms with Crippen molar-refractivity contribution in [1.29, 1.82) is 0 Å². The van der Waals surface area contributed by atoms with Gasteiger partial charge in [-0.3, -0.25) is 9.59 Å². The van der Waals surface area contributed by atoms with Crippen LogP contribution in [0.4, 0.5) is 0 Å². The average molecular weight is 376 g/mol. The highest BCUT2D eigenvalue weighted by Gasteiger charge is 2.39. The van der Waals surface area contributed by atoms with Gasteiger partial charge in [-0.2, -0.15) is 0 Å². The number of ketones is 1. The number of aliphatic carboxylic acids is 1. The lowest BCUT2D eigenvalue weighted by atomic mass is 9.90. The summed E-state index contributed by atoms with van der Waals surface area (Å²) in [6.07, 6.45) is 17.8. The van der Waals surface area contributed by atoms with Crippen molar-refractivity contribution in [3.05, 3.63) is 48.6 Å². The van der Waals surface area contributed by atoms with E-state index in [2.05, 4.69) is 0 Å². The maximum Gasteiger partial charge on any atom is 0.303 e. The van der Waals surface area contributed by atoms with E-state index in [4.69, 9.17) is 5.11 Å². The van der Waals surface area contributed by atoms with Crippen molar-refractivity contribution >= 4 is 11.8 Å². The van der Waals surface area contributed by atoms with Gasteiger partial charge >= 0.3 is 5.97 Å². The summed E-state index contributed by atoms with van der Waals surface area (Å²) in [5.74, 6) is -1.20. The highest BCUT2D eigenvalue weighted by molar-refractivity contribution is 5.86. The van der Waals surface area contributed by atoms with Crippen LogP contribution in [0.25, 0.3) is 0 Å². The number of aliphatic hydroxyl groups excluding tert-OH is 2. The van der Waals surface area contributed by atoms with E-state index in [1.54, 1.807) is 12.2 Å². The Labute approximate surface area is 161 Å². The van der Waals surface area contributed by atoms with Gasteiger partial charge in [0.05, 0.1) is 12.2 Å². The second-order valence-corrected chi connectivity index (χ2v) is 6.84. The first kappa shape index (κ1) is 23.1. The van der Waals surface area contributed by atoms with E-state index in [0.29, 0.717) is 19.3 Å². The van der Waals surface area contributed by atoms with E-state index in [0.717, 1.165) is 12.8 Å². The molecule has 1 rings (SSSR count). The molecular formula is C22H32O5. The number of carbonyl (C=O) groups is 2. The lowest BCUT2D eigenvalue weighted by molar-refractivity contribution is -0.136. The highest BCUT2D eigenvalue weighted by atomic mass is 16.4. The summed E-state index contributed by atoms with van der Waals surface area (Å²) in [5, 5.41) is 28.3. The van der Waals surface area contributed by atoms with E-state index >= 15 is 0 Å². The molecule has 0 amide bonds. The first-order valence-electron chi connectivity index (χ1n) is 9.69. The molecule has 3 N–H and O–H groups in total. The van der Waals surface area contributed by atoms with Crippen molar-refractivity contribution in [1.82, 2.24) is 0 Å². The first-order chi connectivity index (χ1) is 13.0. The minimum Gasteiger partial charge on any atom is -0.481 e. The summed E-state index contributed by atoms with van der Waals surface area (Å²) >= 11 is 0. The quantitative estimate of drug-likeness (QED) is 0.453. The maximum absolute atomic E-state index is 12.0. The number of aliphatic hydroxyl groups is 2. The Morgan fingerprint density at radius 2 is 1.78 bits per heavy atom. The van der Waals surface area contributed by atoms with Crippen LogP contribution in [0.15, 0.2) is 48.6 Å². The van der Waals surface area contributed by atoms with Crippen LogP contribution < -0.4 is 0 Å². The molecule has 1 saturated carbocycles. The predicted octanol–water partition coefficient (Wildman–Crippen LogP) is 3.58. The number of rotatable bonds is 12. The Bertz CT molecular complexity index is 573. The Kier molecular flexibility index (Phi) is 11.3. The Hall–Kier alpha value is -1.98. The molecule has 5 heteroatoms. The number of hydrogen-bond donors (Lipinski definition) is 3. The molecule has 1 fully saturated rings. The van der Waals surface area contributed by atoms with Gasteiger partial charge in [-0.25, -0.2) is 0 Å². The number of carboxylic acids is 1. The second kappa shape index (κ2) is 13.2. The molecule has 1 aliphatic carbocycles. The molecule has 0 bridgehead atoms. The number of Topliss-reactive ketones (excluding diaryl/α,β-unsaturated/α-hetero) is 1. The minimum atomic E-state index is -0.784. The zero-order valence-corrected chi connectivity index (χ0v) is 16.0. The zero-order valence-electron chi connectivity index (χ0n) is 16.0. The molecule has 0 aromatic rings. The van der Waals surface area contributed by atoms with Crippen LogP contribution in [-0.2, 0) is 9.59 Å². The fraction of sp³-hybridized carbons (Fsp3) is 0.545. The lowest BCUT2D eigenvalue weighted by Gasteiger charge is -2.16. The molecule has 0 spiro atoms. The van der Waals surface area contributed by atoms with Crippen LogP contribution in [0, 0.1) is 11.8 Å². The summed E-state index contributed by atoms with van der Waals surface area (Å²) in [7, 11) is 0. The van der Waals surface area contributed by atoms with Gasteiger partial charge in [-0.15, -0.1) is 0 Å². The van der Waals surface area contributed by atoms with Crippen molar-refractivity contribution in [2.24, 2.45) is 11.8 Å². The predicted molar refractivity (Wildman–Crippen MR) is 106 cm³/mol. The number of allylic oxidation sites excluding steroid dienone is 7. The minimum absolute atomic E-state index is 0.0371. The molecule has 5 nitrogen and oxygen atoms in total. The lowest BCUT2D eigenvalue weighted by Crippen LogP contribution is -2.19. The monoisotopic (exact) mass is 376 g/mol. The van der Waals surface area contributed by atoms with E-state index in [-0.39, 0.29) is 30.5 Å². The van der Waals surface area contributed by atoms with Gasteiger partial charge in [0.15, 0.2) is 0 Å². The largest absolute Gasteiger partial charge is 0.481 e. The molecule has 27 heavy (non-hydrogen) atoms. The van der Waals surface area contributed by atoms with Gasteiger partial charge in [0.1, 0.15) is 5.78 Å². The van der Waals surface area contributed by atoms with Crippen LogP contribution in [0.3, 0.4) is 0 Å². The van der Waals surface area contributed by atoms with Gasteiger partial charge in [0.2, 0.25) is 0 Å². The van der Waals surface area contributed by atoms with Crippen molar-refractivity contribution in [3.63, 3.8) is 0 Å². The maximum atomic E-state index is 12.0. The van der Waals surface area contributed by atoms with E-state index in [1.807, 2.05) is 43.4 Å². The first-order valence-corrected chi connectivity index (χ1v) is 9.69. The summed E-state index contributed by atoms with van der Waals surface area (Å²) in [6.45, 7) is 1.87. The van der Waals surface area contributed by atoms with E-state index in [1.165, 1.54) is 0 Å². The van der Waals surface area contributed by atoms with E-state index in [9.17, 15) is 19.8 Å². The summed E-state index contributed by atoms with van der Waals surface area (Å²) in [5.41, 5.74) is 0. The van der Waals surface area contributed by atoms with Crippen molar-refractivity contribution in [2.45, 2.75) is 64.1 Å². The molecule has 0 saturated heterocycles. The van der Waals surface area contributed by atoms with Gasteiger partial charge < -0.3 is 15.3 Å². The van der Waals surface area contributed by atoms with Gasteiger partial charge in [-0.05, 0) is 32.1 Å². The number of carbonyl (C=O) groups excluding carboxylic acids is 1. The molecule has 1 aliphatic rings. The van der Waals surface area contributed by atoms with Gasteiger partial charge in [-0.1, -0.05) is 55.5 Å². The van der Waals surface area contributed by atoms with Crippen LogP contribution in [0.2, 0.25) is 0 Å². The fourth-order valence-electron chi connectivity index (χ4n) is 3.03. The normalized spacial score (nSPS) is 24.9. The topological polar surface area (TPSA) is 94.8 Å². The molecule has 0 unspecified atom stereocenters. The number of carboxylic acid groups (broad SMARTS) is 1. The molecule has 0 radical (unpaired) electrons. The third kappa shape index (κ3) is 9.50. The summed E-state index contributed by atoms with van der Waals surface area (Å²) in [4.78, 5) is 22.4. The van der Waals surface area contributed by atoms with Crippen LogP contribution in [0.5, 0.6) is 0 Å². The van der Waals surface area contributed by atoms with Crippen LogP contribution >= 0.6 is 0 Å². The Balaban J connectivity index is 2.35. The SMILES string of the molecule is CC[C@H](O)/C=C/[C@H]1C(=O)C[C@H](O)[C@H]1C/C=C\C/C=C\C/C=C\CCC(=O)O. The molecule has 0 heterocycles. The van der Waals surface area contributed by atoms with Gasteiger partial charge in [0, 0.05) is 24.7 Å². The third-order valence-corrected chi connectivity index (χ3v) is 4.67. The smallest absolute Gasteiger partial charge is 0.303 e. The zero-order chi connectivity index (χ0) is 20.1.